The summed E-state index contributed by atoms with van der Waals surface area (Å²) in [5.41, 5.74) is 10.4. The molecule has 0 amide bonds. The molecule has 0 saturated heterocycles. The number of rotatable bonds is 3. The normalized spacial score (nSPS) is 9.75. The van der Waals surface area contributed by atoms with Gasteiger partial charge in [0.1, 0.15) is 5.82 Å². The molecule has 1 aromatic rings. The summed E-state index contributed by atoms with van der Waals surface area (Å²) in [6.45, 7) is 2.09. The molecule has 0 aromatic carbocycles. The van der Waals surface area contributed by atoms with E-state index in [1.807, 2.05) is 0 Å². The number of aromatic amines is 1. The van der Waals surface area contributed by atoms with Crippen molar-refractivity contribution in [1.29, 1.82) is 0 Å². The smallest absolute Gasteiger partial charge is 0.192 e. The molecule has 1 heterocycles. The number of nitrogens with two attached hydrogens (primary N) is 2. The number of nitrogens with one attached hydrogen (secondary N) is 1. The van der Waals surface area contributed by atoms with Gasteiger partial charge >= 0.3 is 0 Å². The minimum absolute atomic E-state index is 0.0432. The Morgan fingerprint density at radius 1 is 1.67 bits per heavy atom. The van der Waals surface area contributed by atoms with E-state index >= 15 is 0 Å². The lowest BCUT2D eigenvalue weighted by Gasteiger charge is -1.89. The maximum absolute atomic E-state index is 5.19. The number of aryl methyl sites for hydroxylation is 1. The number of H-pyrrole nitrogens is 1. The molecule has 5 nitrogen and oxygen atoms in total. The second kappa shape index (κ2) is 3.75. The van der Waals surface area contributed by atoms with Crippen LogP contribution >= 0.6 is 0 Å². The second-order valence-electron chi connectivity index (χ2n) is 2.50. The van der Waals surface area contributed by atoms with Gasteiger partial charge in [-0.3, -0.25) is 0 Å². The maximum Gasteiger partial charge on any atom is 0.192 e. The molecule has 5 heteroatoms. The van der Waals surface area contributed by atoms with E-state index in [1.54, 1.807) is 6.20 Å². The molecule has 0 spiro atoms. The summed E-state index contributed by atoms with van der Waals surface area (Å²) in [5.74, 6) is 1.57. The monoisotopic (exact) mass is 167 g/mol. The van der Waals surface area contributed by atoms with Crippen LogP contribution in [0.3, 0.4) is 0 Å². The Labute approximate surface area is 70.9 Å². The zero-order valence-corrected chi connectivity index (χ0v) is 7.04. The molecule has 0 unspecified atom stereocenters. The molecule has 5 N–H and O–H groups in total. The summed E-state index contributed by atoms with van der Waals surface area (Å²) >= 11 is 0. The van der Waals surface area contributed by atoms with Crippen molar-refractivity contribution in [1.82, 2.24) is 9.97 Å². The Hall–Kier alpha value is -1.52. The molecule has 1 aromatic heterocycles. The molecule has 0 fully saturated rings. The van der Waals surface area contributed by atoms with Crippen LogP contribution in [0.1, 0.15) is 19.2 Å². The number of imidazole rings is 1. The maximum atomic E-state index is 5.19. The van der Waals surface area contributed by atoms with Crippen LogP contribution in [-0.2, 0) is 6.42 Å². The van der Waals surface area contributed by atoms with Crippen LogP contribution in [-0.4, -0.2) is 15.9 Å². The summed E-state index contributed by atoms with van der Waals surface area (Å²) in [7, 11) is 0. The van der Waals surface area contributed by atoms with E-state index in [1.165, 1.54) is 0 Å². The van der Waals surface area contributed by atoms with Crippen LogP contribution in [0.4, 0.5) is 5.82 Å². The van der Waals surface area contributed by atoms with E-state index in [9.17, 15) is 0 Å². The predicted octanol–water partition coefficient (Wildman–Crippen LogP) is 0.267. The van der Waals surface area contributed by atoms with Crippen molar-refractivity contribution in [3.05, 3.63) is 12.0 Å². The first-order valence-electron chi connectivity index (χ1n) is 3.86. The highest BCUT2D eigenvalue weighted by atomic mass is 15.1. The van der Waals surface area contributed by atoms with Gasteiger partial charge in [-0.15, -0.1) is 0 Å². The van der Waals surface area contributed by atoms with Gasteiger partial charge in [-0.1, -0.05) is 6.92 Å². The molecule has 0 saturated carbocycles. The van der Waals surface area contributed by atoms with Crippen LogP contribution in [0.25, 0.3) is 0 Å². The van der Waals surface area contributed by atoms with Crippen LogP contribution in [0.2, 0.25) is 0 Å². The Bertz CT molecular complexity index is 271. The standard InChI is InChI=1S/C7H13N5/c1-2-3-5-10-4-6(11-5)12-7(8)9/h4H,2-3H2,1H3,(H,10,11)(H4,8,9,12). The number of hydrogen-bond acceptors (Lipinski definition) is 2. The Kier molecular flexibility index (Phi) is 2.68. The first-order chi connectivity index (χ1) is 5.72. The SMILES string of the molecule is CCCc1ncc(N=C(N)N)[nH]1. The highest BCUT2D eigenvalue weighted by Crippen LogP contribution is 2.07. The van der Waals surface area contributed by atoms with Crippen molar-refractivity contribution < 1.29 is 0 Å². The van der Waals surface area contributed by atoms with Crippen molar-refractivity contribution in [3.8, 4) is 0 Å². The summed E-state index contributed by atoms with van der Waals surface area (Å²) in [5, 5.41) is 0. The van der Waals surface area contributed by atoms with Gasteiger partial charge in [-0.2, -0.15) is 4.99 Å². The predicted molar refractivity (Wildman–Crippen MR) is 48.1 cm³/mol. The molecule has 0 aliphatic carbocycles. The largest absolute Gasteiger partial charge is 0.370 e. The molecule has 66 valence electrons. The van der Waals surface area contributed by atoms with Gasteiger partial charge in [0.05, 0.1) is 6.20 Å². The fourth-order valence-electron chi connectivity index (χ4n) is 0.911. The van der Waals surface area contributed by atoms with Crippen molar-refractivity contribution in [2.75, 3.05) is 0 Å². The number of guanidine groups is 1. The summed E-state index contributed by atoms with van der Waals surface area (Å²) in [6.07, 6.45) is 3.58. The summed E-state index contributed by atoms with van der Waals surface area (Å²) < 4.78 is 0. The minimum atomic E-state index is 0.0432. The molecule has 0 aliphatic rings. The first-order valence-corrected chi connectivity index (χ1v) is 3.86. The average Bonchev–Trinajstić information content (AvgIpc) is 2.36. The number of nitrogens with zero attached hydrogens (tertiary/aromatic N) is 2. The highest BCUT2D eigenvalue weighted by Gasteiger charge is 1.97. The zero-order chi connectivity index (χ0) is 8.97. The van der Waals surface area contributed by atoms with Crippen molar-refractivity contribution in [3.63, 3.8) is 0 Å². The topological polar surface area (TPSA) is 93.1 Å². The third-order valence-electron chi connectivity index (χ3n) is 1.35. The van der Waals surface area contributed by atoms with E-state index < -0.39 is 0 Å². The fraction of sp³-hybridized carbons (Fsp3) is 0.429. The Morgan fingerprint density at radius 3 is 3.00 bits per heavy atom. The van der Waals surface area contributed by atoms with Crippen molar-refractivity contribution in [2.45, 2.75) is 19.8 Å². The van der Waals surface area contributed by atoms with Gasteiger partial charge in [0.25, 0.3) is 0 Å². The first kappa shape index (κ1) is 8.58. The van der Waals surface area contributed by atoms with Crippen LogP contribution in [0, 0.1) is 0 Å². The molecule has 12 heavy (non-hydrogen) atoms. The Balaban J connectivity index is 2.71. The molecular weight excluding hydrogens is 154 g/mol. The van der Waals surface area contributed by atoms with Gasteiger partial charge in [-0.25, -0.2) is 4.98 Å². The lowest BCUT2D eigenvalue weighted by atomic mass is 10.3. The molecule has 0 radical (unpaired) electrons. The van der Waals surface area contributed by atoms with E-state index in [2.05, 4.69) is 21.9 Å². The van der Waals surface area contributed by atoms with E-state index in [0.717, 1.165) is 18.7 Å². The van der Waals surface area contributed by atoms with E-state index in [4.69, 9.17) is 11.5 Å². The van der Waals surface area contributed by atoms with Crippen LogP contribution < -0.4 is 11.5 Å². The molecule has 0 aliphatic heterocycles. The number of aliphatic imine (C=N–C) groups is 1. The number of aromatic nitrogens is 2. The highest BCUT2D eigenvalue weighted by molar-refractivity contribution is 5.78. The second-order valence-corrected chi connectivity index (χ2v) is 2.50. The quantitative estimate of drug-likeness (QED) is 0.445. The molecule has 0 atom stereocenters. The lowest BCUT2D eigenvalue weighted by Crippen LogP contribution is -2.21. The fourth-order valence-corrected chi connectivity index (χ4v) is 0.911. The van der Waals surface area contributed by atoms with Gasteiger partial charge < -0.3 is 16.5 Å². The molecular formula is C7H13N5. The van der Waals surface area contributed by atoms with Gasteiger partial charge in [0.15, 0.2) is 11.8 Å². The number of hydrogen-bond donors (Lipinski definition) is 3. The third-order valence-corrected chi connectivity index (χ3v) is 1.35. The third kappa shape index (κ3) is 2.26. The Morgan fingerprint density at radius 2 is 2.42 bits per heavy atom. The van der Waals surface area contributed by atoms with Crippen molar-refractivity contribution >= 4 is 11.8 Å². The minimum Gasteiger partial charge on any atom is -0.370 e. The summed E-state index contributed by atoms with van der Waals surface area (Å²) in [4.78, 5) is 10.9. The summed E-state index contributed by atoms with van der Waals surface area (Å²) in [6, 6.07) is 0. The van der Waals surface area contributed by atoms with Crippen molar-refractivity contribution in [2.24, 2.45) is 16.5 Å². The average molecular weight is 167 g/mol. The van der Waals surface area contributed by atoms with Crippen LogP contribution in [0.15, 0.2) is 11.2 Å². The van der Waals surface area contributed by atoms with E-state index in [-0.39, 0.29) is 5.96 Å². The molecule has 0 bridgehead atoms. The zero-order valence-electron chi connectivity index (χ0n) is 7.04. The molecule has 1 rings (SSSR count). The van der Waals surface area contributed by atoms with Gasteiger partial charge in [0.2, 0.25) is 0 Å². The van der Waals surface area contributed by atoms with Gasteiger partial charge in [-0.05, 0) is 6.42 Å². The van der Waals surface area contributed by atoms with Gasteiger partial charge in [0, 0.05) is 6.42 Å². The van der Waals surface area contributed by atoms with E-state index in [0.29, 0.717) is 5.82 Å². The van der Waals surface area contributed by atoms with Crippen LogP contribution in [0.5, 0.6) is 0 Å². The lowest BCUT2D eigenvalue weighted by molar-refractivity contribution is 0.856.